The first-order valence-corrected chi connectivity index (χ1v) is 11.2. The van der Waals surface area contributed by atoms with Gasteiger partial charge in [0.2, 0.25) is 10.0 Å². The molecule has 9 heteroatoms. The summed E-state index contributed by atoms with van der Waals surface area (Å²) in [6.07, 6.45) is 4.45. The van der Waals surface area contributed by atoms with Crippen LogP contribution in [0.25, 0.3) is 0 Å². The molecule has 1 aromatic carbocycles. The van der Waals surface area contributed by atoms with Crippen LogP contribution in [0.1, 0.15) is 24.8 Å². The second kappa shape index (κ2) is 7.51. The van der Waals surface area contributed by atoms with Crippen molar-refractivity contribution in [2.45, 2.75) is 30.9 Å². The molecule has 0 radical (unpaired) electrons. The number of sulfonamides is 1. The van der Waals surface area contributed by atoms with Crippen molar-refractivity contribution in [3.05, 3.63) is 62.4 Å². The monoisotopic (exact) mass is 517 g/mol. The minimum atomic E-state index is -3.71. The van der Waals surface area contributed by atoms with Gasteiger partial charge in [-0.25, -0.2) is 12.8 Å². The first kappa shape index (κ1) is 20.8. The normalized spacial score (nSPS) is 15.1. The minimum absolute atomic E-state index is 0.157. The Morgan fingerprint density at radius 1 is 1.36 bits per heavy atom. The molecule has 0 aliphatic heterocycles. The lowest BCUT2D eigenvalue weighted by atomic mass is 10.2. The van der Waals surface area contributed by atoms with Gasteiger partial charge in [-0.3, -0.25) is 9.52 Å². The van der Waals surface area contributed by atoms with Gasteiger partial charge in [0.15, 0.2) is 0 Å². The highest BCUT2D eigenvalue weighted by atomic mass is 127. The van der Waals surface area contributed by atoms with Gasteiger partial charge >= 0.3 is 0 Å². The Balaban J connectivity index is 2.06. The summed E-state index contributed by atoms with van der Waals surface area (Å²) in [5.74, 6) is -0.494. The first-order chi connectivity index (χ1) is 13.1. The average molecular weight is 517 g/mol. The molecular formula is C19H21FIN3O3S. The summed E-state index contributed by atoms with van der Waals surface area (Å²) in [5, 5.41) is 2.89. The van der Waals surface area contributed by atoms with Crippen molar-refractivity contribution in [1.82, 2.24) is 4.57 Å². The highest BCUT2D eigenvalue weighted by Crippen LogP contribution is 2.47. The SMILES string of the molecule is C=CCC1(S(=O)(=O)Nc2cn(C)c(=O)c(C)c2Nc2ccc(I)cc2F)CC1. The number of rotatable bonds is 7. The Bertz CT molecular complexity index is 1110. The van der Waals surface area contributed by atoms with Crippen molar-refractivity contribution in [2.24, 2.45) is 7.05 Å². The fourth-order valence-corrected chi connectivity index (χ4v) is 5.18. The lowest BCUT2D eigenvalue weighted by molar-refractivity contribution is 0.582. The second-order valence-corrected chi connectivity index (χ2v) is 10.3. The summed E-state index contributed by atoms with van der Waals surface area (Å²) in [6, 6.07) is 4.62. The smallest absolute Gasteiger partial charge is 0.255 e. The Morgan fingerprint density at radius 3 is 2.61 bits per heavy atom. The molecule has 3 rings (SSSR count). The summed E-state index contributed by atoms with van der Waals surface area (Å²) in [5.41, 5.74) is 0.580. The van der Waals surface area contributed by atoms with E-state index in [1.54, 1.807) is 32.2 Å². The Kier molecular flexibility index (Phi) is 5.59. The van der Waals surface area contributed by atoms with Crippen LogP contribution in [-0.2, 0) is 17.1 Å². The van der Waals surface area contributed by atoms with Gasteiger partial charge in [-0.1, -0.05) is 6.08 Å². The van der Waals surface area contributed by atoms with E-state index in [-0.39, 0.29) is 28.2 Å². The maximum absolute atomic E-state index is 14.3. The number of pyridine rings is 1. The molecule has 0 atom stereocenters. The van der Waals surface area contributed by atoms with Gasteiger partial charge in [-0.15, -0.1) is 6.58 Å². The summed E-state index contributed by atoms with van der Waals surface area (Å²) in [7, 11) is -2.17. The number of aromatic nitrogens is 1. The van der Waals surface area contributed by atoms with Gasteiger partial charge < -0.3 is 9.88 Å². The standard InChI is InChI=1S/C19H21FIN3O3S/c1-4-7-19(8-9-19)28(26,27)23-16-11-24(3)18(25)12(2)17(16)22-15-6-5-13(21)10-14(15)20/h4-6,10-11,22-23H,1,7-9H2,2-3H3. The van der Waals surface area contributed by atoms with Gasteiger partial charge in [0, 0.05) is 22.4 Å². The number of hydrogen-bond donors (Lipinski definition) is 2. The molecule has 1 saturated carbocycles. The molecule has 2 aromatic rings. The van der Waals surface area contributed by atoms with Crippen molar-refractivity contribution in [1.29, 1.82) is 0 Å². The number of benzene rings is 1. The van der Waals surface area contributed by atoms with Crippen molar-refractivity contribution >= 4 is 49.7 Å². The van der Waals surface area contributed by atoms with Crippen molar-refractivity contribution in [3.63, 3.8) is 0 Å². The second-order valence-electron chi connectivity index (χ2n) is 6.99. The van der Waals surface area contributed by atoms with Crippen molar-refractivity contribution < 1.29 is 12.8 Å². The molecule has 1 aliphatic rings. The fourth-order valence-electron chi connectivity index (χ4n) is 3.09. The highest BCUT2D eigenvalue weighted by Gasteiger charge is 2.53. The number of nitrogens with one attached hydrogen (secondary N) is 2. The number of halogens is 2. The van der Waals surface area contributed by atoms with E-state index >= 15 is 0 Å². The van der Waals surface area contributed by atoms with Gasteiger partial charge in [-0.05, 0) is 67.0 Å². The molecule has 0 bridgehead atoms. The summed E-state index contributed by atoms with van der Waals surface area (Å²) >= 11 is 2.00. The van der Waals surface area contributed by atoms with Crippen LogP contribution in [-0.4, -0.2) is 17.7 Å². The zero-order chi connectivity index (χ0) is 20.7. The zero-order valence-corrected chi connectivity index (χ0v) is 18.5. The van der Waals surface area contributed by atoms with Crippen molar-refractivity contribution in [2.75, 3.05) is 10.0 Å². The molecule has 150 valence electrons. The van der Waals surface area contributed by atoms with E-state index in [1.807, 2.05) is 22.6 Å². The van der Waals surface area contributed by atoms with E-state index in [1.165, 1.54) is 16.8 Å². The number of hydrogen-bond acceptors (Lipinski definition) is 4. The topological polar surface area (TPSA) is 80.2 Å². The summed E-state index contributed by atoms with van der Waals surface area (Å²) in [4.78, 5) is 12.4. The Labute approximate surface area is 177 Å². The first-order valence-electron chi connectivity index (χ1n) is 8.66. The van der Waals surface area contributed by atoms with Gasteiger partial charge in [0.1, 0.15) is 5.82 Å². The number of allylic oxidation sites excluding steroid dienone is 1. The van der Waals surface area contributed by atoms with Crippen molar-refractivity contribution in [3.8, 4) is 0 Å². The van der Waals surface area contributed by atoms with Gasteiger partial charge in [0.05, 0.1) is 21.8 Å². The van der Waals surface area contributed by atoms with E-state index in [0.29, 0.717) is 19.3 Å². The molecule has 0 unspecified atom stereocenters. The van der Waals surface area contributed by atoms with E-state index < -0.39 is 20.6 Å². The van der Waals surface area contributed by atoms with Crippen LogP contribution in [0.15, 0.2) is 41.8 Å². The van der Waals surface area contributed by atoms with Gasteiger partial charge in [0.25, 0.3) is 5.56 Å². The molecule has 1 aliphatic carbocycles. The highest BCUT2D eigenvalue weighted by molar-refractivity contribution is 14.1. The van der Waals surface area contributed by atoms with Crippen LogP contribution in [0.3, 0.4) is 0 Å². The minimum Gasteiger partial charge on any atom is -0.351 e. The quantitative estimate of drug-likeness (QED) is 0.430. The van der Waals surface area contributed by atoms with Gasteiger partial charge in [-0.2, -0.15) is 0 Å². The molecule has 0 saturated heterocycles. The maximum Gasteiger partial charge on any atom is 0.255 e. The van der Waals surface area contributed by atoms with Crippen LogP contribution in [0, 0.1) is 16.3 Å². The number of aryl methyl sites for hydroxylation is 1. The van der Waals surface area contributed by atoms with E-state index in [9.17, 15) is 17.6 Å². The van der Waals surface area contributed by atoms with Crippen LogP contribution < -0.4 is 15.6 Å². The third-order valence-electron chi connectivity index (χ3n) is 4.94. The lowest BCUT2D eigenvalue weighted by Crippen LogP contribution is -2.31. The lowest BCUT2D eigenvalue weighted by Gasteiger charge is -2.21. The molecule has 0 amide bonds. The van der Waals surface area contributed by atoms with E-state index in [2.05, 4.69) is 16.6 Å². The zero-order valence-electron chi connectivity index (χ0n) is 15.6. The van der Waals surface area contributed by atoms with Crippen LogP contribution in [0.4, 0.5) is 21.5 Å². The Hall–Kier alpha value is -1.88. The fraction of sp³-hybridized carbons (Fsp3) is 0.316. The molecule has 1 heterocycles. The molecule has 0 spiro atoms. The molecule has 28 heavy (non-hydrogen) atoms. The average Bonchev–Trinajstić information content (AvgIpc) is 3.40. The molecular weight excluding hydrogens is 496 g/mol. The van der Waals surface area contributed by atoms with Crippen LogP contribution in [0.2, 0.25) is 0 Å². The molecule has 1 fully saturated rings. The van der Waals surface area contributed by atoms with Crippen LogP contribution >= 0.6 is 22.6 Å². The molecule has 6 nitrogen and oxygen atoms in total. The van der Waals surface area contributed by atoms with E-state index in [4.69, 9.17) is 0 Å². The predicted octanol–water partition coefficient (Wildman–Crippen LogP) is 4.03. The number of anilines is 3. The largest absolute Gasteiger partial charge is 0.351 e. The Morgan fingerprint density at radius 2 is 2.04 bits per heavy atom. The maximum atomic E-state index is 14.3. The number of nitrogens with zero attached hydrogens (tertiary/aromatic N) is 1. The third-order valence-corrected chi connectivity index (χ3v) is 7.81. The summed E-state index contributed by atoms with van der Waals surface area (Å²) < 4.78 is 44.0. The predicted molar refractivity (Wildman–Crippen MR) is 118 cm³/mol. The third kappa shape index (κ3) is 3.82. The van der Waals surface area contributed by atoms with E-state index in [0.717, 1.165) is 3.57 Å². The van der Waals surface area contributed by atoms with Crippen LogP contribution in [0.5, 0.6) is 0 Å². The summed E-state index contributed by atoms with van der Waals surface area (Å²) in [6.45, 7) is 5.22. The molecule has 2 N–H and O–H groups in total. The molecule has 1 aromatic heterocycles.